The number of rotatable bonds is 4. The molecule has 3 unspecified atom stereocenters. The van der Waals surface area contributed by atoms with Crippen LogP contribution in [0.5, 0.6) is 0 Å². The van der Waals surface area contributed by atoms with Gasteiger partial charge >= 0.3 is 0 Å². The lowest BCUT2D eigenvalue weighted by Crippen LogP contribution is -2.42. The summed E-state index contributed by atoms with van der Waals surface area (Å²) < 4.78 is 6.05. The number of nitrogens with zero attached hydrogens (tertiary/aromatic N) is 2. The Morgan fingerprint density at radius 3 is 2.91 bits per heavy atom. The van der Waals surface area contributed by atoms with Crippen molar-refractivity contribution in [1.29, 1.82) is 5.26 Å². The molecule has 0 N–H and O–H groups in total. The van der Waals surface area contributed by atoms with Crippen molar-refractivity contribution in [3.05, 3.63) is 35.4 Å². The van der Waals surface area contributed by atoms with E-state index in [9.17, 15) is 4.79 Å². The van der Waals surface area contributed by atoms with Gasteiger partial charge in [0, 0.05) is 30.7 Å². The molecular weight excluding hydrogens is 276 g/mol. The minimum atomic E-state index is 0.0604. The van der Waals surface area contributed by atoms with Crippen LogP contribution in [0.3, 0.4) is 0 Å². The lowest BCUT2D eigenvalue weighted by Gasteiger charge is -2.31. The summed E-state index contributed by atoms with van der Waals surface area (Å²) in [6.07, 6.45) is 5.03. The predicted molar refractivity (Wildman–Crippen MR) is 81.2 cm³/mol. The number of fused-ring (bicyclic) bond motifs is 2. The maximum absolute atomic E-state index is 12.7. The van der Waals surface area contributed by atoms with Gasteiger partial charge in [-0.3, -0.25) is 4.79 Å². The molecule has 1 aromatic rings. The van der Waals surface area contributed by atoms with E-state index in [1.54, 1.807) is 24.3 Å². The second-order valence-corrected chi connectivity index (χ2v) is 6.85. The molecule has 2 saturated carbocycles. The van der Waals surface area contributed by atoms with Crippen molar-refractivity contribution in [2.45, 2.75) is 37.8 Å². The number of ether oxygens (including phenoxy) is 1. The summed E-state index contributed by atoms with van der Waals surface area (Å²) in [6, 6.07) is 9.41. The Kier molecular flexibility index (Phi) is 3.38. The van der Waals surface area contributed by atoms with Gasteiger partial charge in [-0.1, -0.05) is 6.07 Å². The zero-order chi connectivity index (χ0) is 15.1. The van der Waals surface area contributed by atoms with Gasteiger partial charge in [0.1, 0.15) is 0 Å². The molecule has 3 aliphatic rings. The van der Waals surface area contributed by atoms with Gasteiger partial charge in [-0.2, -0.15) is 5.26 Å². The molecule has 1 aromatic carbocycles. The van der Waals surface area contributed by atoms with Crippen LogP contribution in [0.15, 0.2) is 24.3 Å². The summed E-state index contributed by atoms with van der Waals surface area (Å²) in [5, 5.41) is 8.97. The number of hydrogen-bond acceptors (Lipinski definition) is 3. The predicted octanol–water partition coefficient (Wildman–Crippen LogP) is 2.59. The first kappa shape index (κ1) is 13.8. The third-order valence-corrected chi connectivity index (χ3v) is 5.22. The van der Waals surface area contributed by atoms with Crippen molar-refractivity contribution in [3.63, 3.8) is 0 Å². The number of carbonyl (C=O) groups is 1. The summed E-state index contributed by atoms with van der Waals surface area (Å²) in [7, 11) is 0. The largest absolute Gasteiger partial charge is 0.377 e. The highest BCUT2D eigenvalue weighted by molar-refractivity contribution is 5.95. The van der Waals surface area contributed by atoms with Crippen LogP contribution in [0.4, 0.5) is 0 Å². The Morgan fingerprint density at radius 2 is 2.23 bits per heavy atom. The smallest absolute Gasteiger partial charge is 0.254 e. The highest BCUT2D eigenvalue weighted by atomic mass is 16.5. The topological polar surface area (TPSA) is 53.3 Å². The number of piperidine rings is 1. The number of hydrogen-bond donors (Lipinski definition) is 0. The van der Waals surface area contributed by atoms with Crippen LogP contribution in [-0.4, -0.2) is 36.1 Å². The summed E-state index contributed by atoms with van der Waals surface area (Å²) in [5.41, 5.74) is 1.17. The van der Waals surface area contributed by atoms with E-state index in [1.807, 2.05) is 4.90 Å². The van der Waals surface area contributed by atoms with E-state index in [0.717, 1.165) is 31.9 Å². The molecule has 4 nitrogen and oxygen atoms in total. The summed E-state index contributed by atoms with van der Waals surface area (Å²) in [4.78, 5) is 14.6. The van der Waals surface area contributed by atoms with Gasteiger partial charge < -0.3 is 9.64 Å². The number of carbonyl (C=O) groups excluding carboxylic acids is 1. The average Bonchev–Trinajstić information content (AvgIpc) is 3.19. The van der Waals surface area contributed by atoms with Gasteiger partial charge in [-0.25, -0.2) is 0 Å². The maximum Gasteiger partial charge on any atom is 0.254 e. The van der Waals surface area contributed by atoms with E-state index < -0.39 is 0 Å². The van der Waals surface area contributed by atoms with Gasteiger partial charge in [0.15, 0.2) is 0 Å². The average molecular weight is 296 g/mol. The van der Waals surface area contributed by atoms with Gasteiger partial charge in [0.2, 0.25) is 0 Å². The fourth-order valence-electron chi connectivity index (χ4n) is 3.79. The van der Waals surface area contributed by atoms with E-state index in [0.29, 0.717) is 29.2 Å². The van der Waals surface area contributed by atoms with Crippen molar-refractivity contribution >= 4 is 5.91 Å². The molecule has 2 bridgehead atoms. The third-order valence-electron chi connectivity index (χ3n) is 5.22. The molecule has 22 heavy (non-hydrogen) atoms. The zero-order valence-electron chi connectivity index (χ0n) is 12.6. The van der Waals surface area contributed by atoms with Gasteiger partial charge in [-0.05, 0) is 49.8 Å². The van der Waals surface area contributed by atoms with E-state index in [4.69, 9.17) is 10.00 Å². The quantitative estimate of drug-likeness (QED) is 0.858. The number of nitriles is 1. The number of likely N-dealkylation sites (tertiary alicyclic amines) is 1. The van der Waals surface area contributed by atoms with Crippen molar-refractivity contribution in [2.24, 2.45) is 11.8 Å². The maximum atomic E-state index is 12.7. The van der Waals surface area contributed by atoms with E-state index >= 15 is 0 Å². The molecule has 1 aliphatic heterocycles. The monoisotopic (exact) mass is 296 g/mol. The van der Waals surface area contributed by atoms with Crippen molar-refractivity contribution in [3.8, 4) is 6.07 Å². The van der Waals surface area contributed by atoms with Gasteiger partial charge in [0.25, 0.3) is 5.91 Å². The van der Waals surface area contributed by atoms with Crippen molar-refractivity contribution in [1.82, 2.24) is 4.90 Å². The number of amides is 1. The molecule has 4 heteroatoms. The summed E-state index contributed by atoms with van der Waals surface area (Å²) in [6.45, 7) is 1.71. The lowest BCUT2D eigenvalue weighted by atomic mass is 10.0. The first-order valence-corrected chi connectivity index (χ1v) is 8.17. The van der Waals surface area contributed by atoms with E-state index in [-0.39, 0.29) is 5.91 Å². The Hall–Kier alpha value is -1.86. The second kappa shape index (κ2) is 5.40. The van der Waals surface area contributed by atoms with E-state index in [2.05, 4.69) is 6.07 Å². The molecule has 114 valence electrons. The van der Waals surface area contributed by atoms with Crippen LogP contribution in [0.2, 0.25) is 0 Å². The fraction of sp³-hybridized carbons (Fsp3) is 0.556. The summed E-state index contributed by atoms with van der Waals surface area (Å²) >= 11 is 0. The minimum absolute atomic E-state index is 0.0604. The SMILES string of the molecule is N#Cc1cccc(C(=O)N2CC3CC2CC3OCC2CC2)c1. The Balaban J connectivity index is 1.40. The molecule has 0 spiro atoms. The van der Waals surface area contributed by atoms with Gasteiger partial charge in [-0.15, -0.1) is 0 Å². The molecule has 1 amide bonds. The highest BCUT2D eigenvalue weighted by Crippen LogP contribution is 2.41. The normalized spacial score (nSPS) is 29.6. The molecule has 1 heterocycles. The van der Waals surface area contributed by atoms with E-state index in [1.165, 1.54) is 12.8 Å². The molecule has 2 aliphatic carbocycles. The number of benzene rings is 1. The summed E-state index contributed by atoms with van der Waals surface area (Å²) in [5.74, 6) is 1.35. The Bertz CT molecular complexity index is 632. The highest BCUT2D eigenvalue weighted by Gasteiger charge is 2.47. The molecule has 0 radical (unpaired) electrons. The molecule has 1 saturated heterocycles. The first-order chi connectivity index (χ1) is 10.7. The molecule has 4 rings (SSSR count). The Morgan fingerprint density at radius 1 is 1.36 bits per heavy atom. The lowest BCUT2D eigenvalue weighted by molar-refractivity contribution is -0.00315. The minimum Gasteiger partial charge on any atom is -0.377 e. The zero-order valence-corrected chi connectivity index (χ0v) is 12.6. The van der Waals surface area contributed by atoms with Crippen LogP contribution < -0.4 is 0 Å². The van der Waals surface area contributed by atoms with Crippen LogP contribution in [0, 0.1) is 23.2 Å². The van der Waals surface area contributed by atoms with Crippen LogP contribution >= 0.6 is 0 Å². The van der Waals surface area contributed by atoms with Crippen LogP contribution in [0.25, 0.3) is 0 Å². The molecule has 0 aromatic heterocycles. The fourth-order valence-corrected chi connectivity index (χ4v) is 3.79. The van der Waals surface area contributed by atoms with Crippen LogP contribution in [0.1, 0.15) is 41.6 Å². The molecular formula is C18H20N2O2. The van der Waals surface area contributed by atoms with Crippen LogP contribution in [-0.2, 0) is 4.74 Å². The molecule has 3 fully saturated rings. The van der Waals surface area contributed by atoms with Crippen molar-refractivity contribution in [2.75, 3.05) is 13.2 Å². The Labute approximate surface area is 130 Å². The second-order valence-electron chi connectivity index (χ2n) is 6.85. The first-order valence-electron chi connectivity index (χ1n) is 8.17. The van der Waals surface area contributed by atoms with Crippen molar-refractivity contribution < 1.29 is 9.53 Å². The standard InChI is InChI=1S/C18H20N2O2/c19-9-13-2-1-3-14(6-13)18(21)20-10-15-7-16(20)8-17(15)22-11-12-4-5-12/h1-3,6,12,15-17H,4-5,7-8,10-11H2. The van der Waals surface area contributed by atoms with Gasteiger partial charge in [0.05, 0.1) is 17.7 Å². The molecule has 3 atom stereocenters. The third kappa shape index (κ3) is 2.50.